The molecule has 0 spiro atoms. The molecule has 1 amide bonds. The van der Waals surface area contributed by atoms with Crippen LogP contribution in [0.15, 0.2) is 60.8 Å². The second-order valence-corrected chi connectivity index (χ2v) is 7.42. The first kappa shape index (κ1) is 18.4. The summed E-state index contributed by atoms with van der Waals surface area (Å²) in [5.41, 5.74) is 8.90. The average molecular weight is 393 g/mol. The Morgan fingerprint density at radius 3 is 2.79 bits per heavy atom. The van der Waals surface area contributed by atoms with Crippen molar-refractivity contribution in [2.24, 2.45) is 0 Å². The summed E-state index contributed by atoms with van der Waals surface area (Å²) in [6.45, 7) is 0.695. The van der Waals surface area contributed by atoms with Crippen LogP contribution in [0.3, 0.4) is 0 Å². The van der Waals surface area contributed by atoms with Crippen molar-refractivity contribution in [3.05, 3.63) is 77.1 Å². The summed E-state index contributed by atoms with van der Waals surface area (Å²) in [4.78, 5) is 23.9. The number of hydrogen-bond acceptors (Lipinski definition) is 4. The standard InChI is InChI=1S/C22H21ClN4O/c23-17-9-4-6-15(12-17)13-18-10-5-11-27(18)22(28)20-21(24)25-14-19(26-20)16-7-2-1-3-8-16/h1-4,6-9,12,14,18H,5,10-11,13H2,(H2,24,25). The fourth-order valence-corrected chi connectivity index (χ4v) is 3.90. The number of likely N-dealkylation sites (tertiary alicyclic amines) is 1. The first-order valence-electron chi connectivity index (χ1n) is 9.35. The molecule has 1 saturated heterocycles. The van der Waals surface area contributed by atoms with E-state index >= 15 is 0 Å². The average Bonchev–Trinajstić information content (AvgIpc) is 3.16. The minimum atomic E-state index is -0.160. The quantitative estimate of drug-likeness (QED) is 0.721. The summed E-state index contributed by atoms with van der Waals surface area (Å²) >= 11 is 6.11. The van der Waals surface area contributed by atoms with E-state index in [0.29, 0.717) is 17.3 Å². The molecule has 28 heavy (non-hydrogen) atoms. The molecule has 1 aromatic heterocycles. The molecule has 0 aliphatic carbocycles. The number of nitrogen functional groups attached to an aromatic ring is 1. The lowest BCUT2D eigenvalue weighted by Crippen LogP contribution is -2.37. The number of nitrogens with zero attached hydrogens (tertiary/aromatic N) is 3. The van der Waals surface area contributed by atoms with Crippen LogP contribution in [0.1, 0.15) is 28.9 Å². The van der Waals surface area contributed by atoms with Gasteiger partial charge >= 0.3 is 0 Å². The molecule has 1 unspecified atom stereocenters. The van der Waals surface area contributed by atoms with Gasteiger partial charge in [-0.05, 0) is 37.0 Å². The van der Waals surface area contributed by atoms with E-state index in [1.807, 2.05) is 59.5 Å². The molecule has 0 saturated carbocycles. The molecule has 6 heteroatoms. The summed E-state index contributed by atoms with van der Waals surface area (Å²) in [5, 5.41) is 0.707. The molecule has 1 aliphatic rings. The van der Waals surface area contributed by atoms with Crippen molar-refractivity contribution in [1.29, 1.82) is 0 Å². The Balaban J connectivity index is 1.59. The fraction of sp³-hybridized carbons (Fsp3) is 0.227. The van der Waals surface area contributed by atoms with Gasteiger partial charge in [-0.25, -0.2) is 9.97 Å². The van der Waals surface area contributed by atoms with E-state index in [-0.39, 0.29) is 23.5 Å². The summed E-state index contributed by atoms with van der Waals surface area (Å²) in [6, 6.07) is 17.5. The molecule has 2 N–H and O–H groups in total. The number of nitrogens with two attached hydrogens (primary N) is 1. The molecule has 0 bridgehead atoms. The van der Waals surface area contributed by atoms with Gasteiger partial charge in [0.05, 0.1) is 11.9 Å². The highest BCUT2D eigenvalue weighted by atomic mass is 35.5. The van der Waals surface area contributed by atoms with Crippen molar-refractivity contribution in [2.75, 3.05) is 12.3 Å². The van der Waals surface area contributed by atoms with Gasteiger partial charge in [0.25, 0.3) is 5.91 Å². The summed E-state index contributed by atoms with van der Waals surface area (Å²) in [5.74, 6) is 0.00500. The fourth-order valence-electron chi connectivity index (χ4n) is 3.69. The van der Waals surface area contributed by atoms with Gasteiger partial charge in [0.15, 0.2) is 11.5 Å². The summed E-state index contributed by atoms with van der Waals surface area (Å²) in [7, 11) is 0. The normalized spacial score (nSPS) is 16.3. The van der Waals surface area contributed by atoms with Crippen molar-refractivity contribution in [3.63, 3.8) is 0 Å². The lowest BCUT2D eigenvalue weighted by molar-refractivity contribution is 0.0731. The van der Waals surface area contributed by atoms with Crippen LogP contribution in [0, 0.1) is 0 Å². The zero-order valence-corrected chi connectivity index (χ0v) is 16.1. The molecule has 142 valence electrons. The molecular formula is C22H21ClN4O. The Morgan fingerprint density at radius 1 is 1.18 bits per heavy atom. The van der Waals surface area contributed by atoms with Crippen LogP contribution in [0.25, 0.3) is 11.3 Å². The molecular weight excluding hydrogens is 372 g/mol. The number of halogens is 1. The van der Waals surface area contributed by atoms with Gasteiger partial charge in [-0.15, -0.1) is 0 Å². The molecule has 3 aromatic rings. The van der Waals surface area contributed by atoms with E-state index in [2.05, 4.69) is 9.97 Å². The highest BCUT2D eigenvalue weighted by molar-refractivity contribution is 6.30. The number of rotatable bonds is 4. The van der Waals surface area contributed by atoms with Gasteiger partial charge in [-0.3, -0.25) is 4.79 Å². The number of hydrogen-bond donors (Lipinski definition) is 1. The molecule has 4 rings (SSSR count). The smallest absolute Gasteiger partial charge is 0.276 e. The highest BCUT2D eigenvalue weighted by Crippen LogP contribution is 2.26. The van der Waals surface area contributed by atoms with E-state index in [1.54, 1.807) is 6.20 Å². The number of benzene rings is 2. The lowest BCUT2D eigenvalue weighted by Gasteiger charge is -2.25. The van der Waals surface area contributed by atoms with Crippen molar-refractivity contribution < 1.29 is 4.79 Å². The third kappa shape index (κ3) is 3.85. The first-order chi connectivity index (χ1) is 13.6. The van der Waals surface area contributed by atoms with Crippen molar-refractivity contribution in [1.82, 2.24) is 14.9 Å². The zero-order chi connectivity index (χ0) is 19.5. The van der Waals surface area contributed by atoms with Gasteiger partial charge in [-0.1, -0.05) is 54.1 Å². The van der Waals surface area contributed by atoms with E-state index < -0.39 is 0 Å². The number of carbonyl (C=O) groups is 1. The number of aromatic nitrogens is 2. The van der Waals surface area contributed by atoms with Gasteiger partial charge in [-0.2, -0.15) is 0 Å². The second-order valence-electron chi connectivity index (χ2n) is 6.98. The van der Waals surface area contributed by atoms with Crippen LogP contribution in [0.5, 0.6) is 0 Å². The van der Waals surface area contributed by atoms with Crippen LogP contribution in [-0.4, -0.2) is 33.4 Å². The van der Waals surface area contributed by atoms with E-state index in [1.165, 1.54) is 0 Å². The second kappa shape index (κ2) is 7.98. The van der Waals surface area contributed by atoms with Crippen LogP contribution in [0.2, 0.25) is 5.02 Å². The molecule has 1 fully saturated rings. The minimum absolute atomic E-state index is 0.104. The molecule has 1 atom stereocenters. The maximum atomic E-state index is 13.2. The predicted octanol–water partition coefficient (Wildman–Crippen LogP) is 4.23. The summed E-state index contributed by atoms with van der Waals surface area (Å²) < 4.78 is 0. The Labute approximate surface area is 169 Å². The van der Waals surface area contributed by atoms with Crippen molar-refractivity contribution in [2.45, 2.75) is 25.3 Å². The van der Waals surface area contributed by atoms with Crippen LogP contribution in [-0.2, 0) is 6.42 Å². The molecule has 0 radical (unpaired) electrons. The van der Waals surface area contributed by atoms with Crippen LogP contribution in [0.4, 0.5) is 5.82 Å². The van der Waals surface area contributed by atoms with Crippen LogP contribution >= 0.6 is 11.6 Å². The Hall–Kier alpha value is -2.92. The highest BCUT2D eigenvalue weighted by Gasteiger charge is 2.31. The van der Waals surface area contributed by atoms with Gasteiger partial charge in [0.2, 0.25) is 0 Å². The van der Waals surface area contributed by atoms with Crippen molar-refractivity contribution in [3.8, 4) is 11.3 Å². The molecule has 1 aliphatic heterocycles. The van der Waals surface area contributed by atoms with Gasteiger partial charge in [0.1, 0.15) is 0 Å². The number of anilines is 1. The largest absolute Gasteiger partial charge is 0.382 e. The van der Waals surface area contributed by atoms with Gasteiger partial charge in [0, 0.05) is 23.2 Å². The SMILES string of the molecule is Nc1ncc(-c2ccccc2)nc1C(=O)N1CCCC1Cc1cccc(Cl)c1. The van der Waals surface area contributed by atoms with E-state index in [4.69, 9.17) is 17.3 Å². The Morgan fingerprint density at radius 2 is 2.00 bits per heavy atom. The van der Waals surface area contributed by atoms with E-state index in [9.17, 15) is 4.79 Å². The maximum absolute atomic E-state index is 13.2. The molecule has 2 aromatic carbocycles. The predicted molar refractivity (Wildman–Crippen MR) is 111 cm³/mol. The van der Waals surface area contributed by atoms with E-state index in [0.717, 1.165) is 30.4 Å². The topological polar surface area (TPSA) is 72.1 Å². The number of amides is 1. The van der Waals surface area contributed by atoms with Gasteiger partial charge < -0.3 is 10.6 Å². The molecule has 2 heterocycles. The zero-order valence-electron chi connectivity index (χ0n) is 15.4. The van der Waals surface area contributed by atoms with Crippen molar-refractivity contribution >= 4 is 23.3 Å². The van der Waals surface area contributed by atoms with Crippen LogP contribution < -0.4 is 5.73 Å². The Bertz CT molecular complexity index is 993. The first-order valence-corrected chi connectivity index (χ1v) is 9.73. The number of carbonyl (C=O) groups excluding carboxylic acids is 1. The summed E-state index contributed by atoms with van der Waals surface area (Å²) in [6.07, 6.45) is 4.28. The Kier molecular flexibility index (Phi) is 5.26. The third-order valence-electron chi connectivity index (χ3n) is 5.07. The third-order valence-corrected chi connectivity index (χ3v) is 5.31. The minimum Gasteiger partial charge on any atom is -0.382 e. The lowest BCUT2D eigenvalue weighted by atomic mass is 10.0. The molecule has 5 nitrogen and oxygen atoms in total. The monoisotopic (exact) mass is 392 g/mol. The maximum Gasteiger partial charge on any atom is 0.276 e.